The maximum Gasteiger partial charge on any atom is 0.408 e. The highest BCUT2D eigenvalue weighted by Crippen LogP contribution is 2.26. The molecule has 0 aromatic heterocycles. The van der Waals surface area contributed by atoms with Gasteiger partial charge in [-0.25, -0.2) is 4.79 Å². The van der Waals surface area contributed by atoms with E-state index in [1.54, 1.807) is 52.0 Å². The Morgan fingerprint density at radius 3 is 2.17 bits per heavy atom. The summed E-state index contributed by atoms with van der Waals surface area (Å²) in [7, 11) is 0. The molecule has 2 atom stereocenters. The zero-order chi connectivity index (χ0) is 27.0. The zero-order valence-electron chi connectivity index (χ0n) is 22.2. The molecule has 0 bridgehead atoms. The number of aryl methyl sites for hydroxylation is 1. The molecule has 2 aromatic carbocycles. The largest absolute Gasteiger partial charge is 0.444 e. The number of terminal acetylenes is 1. The van der Waals surface area contributed by atoms with E-state index < -0.39 is 23.8 Å². The van der Waals surface area contributed by atoms with Crippen molar-refractivity contribution in [2.24, 2.45) is 5.92 Å². The Hall–Kier alpha value is -3.79. The third kappa shape index (κ3) is 7.61. The van der Waals surface area contributed by atoms with E-state index in [2.05, 4.69) is 16.6 Å². The van der Waals surface area contributed by atoms with Gasteiger partial charge >= 0.3 is 6.09 Å². The molecule has 2 N–H and O–H groups in total. The lowest BCUT2D eigenvalue weighted by atomic mass is 9.98. The van der Waals surface area contributed by atoms with Gasteiger partial charge in [-0.3, -0.25) is 9.59 Å². The highest BCUT2D eigenvalue weighted by atomic mass is 16.6. The lowest BCUT2D eigenvalue weighted by Crippen LogP contribution is -2.54. The number of benzene rings is 2. The van der Waals surface area contributed by atoms with E-state index in [-0.39, 0.29) is 24.3 Å². The quantitative estimate of drug-likeness (QED) is 0.506. The first-order valence-corrected chi connectivity index (χ1v) is 12.1. The van der Waals surface area contributed by atoms with Crippen molar-refractivity contribution < 1.29 is 19.1 Å². The lowest BCUT2D eigenvalue weighted by Gasteiger charge is -2.35. The van der Waals surface area contributed by atoms with Crippen molar-refractivity contribution in [3.8, 4) is 12.3 Å². The number of ether oxygens (including phenoxy) is 1. The molecule has 2 unspecified atom stereocenters. The highest BCUT2D eigenvalue weighted by Gasteiger charge is 2.36. The molecule has 0 aliphatic heterocycles. The van der Waals surface area contributed by atoms with Crippen LogP contribution in [-0.2, 0) is 14.3 Å². The van der Waals surface area contributed by atoms with E-state index in [0.717, 1.165) is 5.56 Å². The molecule has 3 amide bonds. The summed E-state index contributed by atoms with van der Waals surface area (Å²) >= 11 is 0. The minimum Gasteiger partial charge on any atom is -0.444 e. The minimum absolute atomic E-state index is 0.237. The Kier molecular flexibility index (Phi) is 9.68. The second-order valence-corrected chi connectivity index (χ2v) is 9.97. The van der Waals surface area contributed by atoms with Crippen LogP contribution in [0.5, 0.6) is 0 Å². The summed E-state index contributed by atoms with van der Waals surface area (Å²) in [5.74, 6) is 1.57. The van der Waals surface area contributed by atoms with Crippen LogP contribution in [0.25, 0.3) is 0 Å². The molecule has 2 rings (SSSR count). The summed E-state index contributed by atoms with van der Waals surface area (Å²) in [6.45, 7) is 12.9. The maximum atomic E-state index is 13.8. The number of hydrogen-bond acceptors (Lipinski definition) is 4. The number of anilines is 1. The summed E-state index contributed by atoms with van der Waals surface area (Å²) in [4.78, 5) is 41.5. The number of carbonyl (C=O) groups is 3. The first-order valence-electron chi connectivity index (χ1n) is 12.1. The van der Waals surface area contributed by atoms with Crippen LogP contribution in [0.4, 0.5) is 10.5 Å². The Bertz CT molecular complexity index is 1110. The van der Waals surface area contributed by atoms with Crippen molar-refractivity contribution >= 4 is 23.6 Å². The number of hydrogen-bond donors (Lipinski definition) is 2. The first-order chi connectivity index (χ1) is 16.9. The fraction of sp³-hybridized carbons (Fsp3) is 0.414. The predicted octanol–water partition coefficient (Wildman–Crippen LogP) is 5.05. The second-order valence-electron chi connectivity index (χ2n) is 9.97. The van der Waals surface area contributed by atoms with Gasteiger partial charge in [-0.1, -0.05) is 50.1 Å². The van der Waals surface area contributed by atoms with E-state index in [4.69, 9.17) is 11.2 Å². The smallest absolute Gasteiger partial charge is 0.408 e. The lowest BCUT2D eigenvalue weighted by molar-refractivity contribution is -0.141. The molecular weight excluding hydrogens is 454 g/mol. The third-order valence-electron chi connectivity index (χ3n) is 5.58. The fourth-order valence-corrected chi connectivity index (χ4v) is 3.74. The molecule has 2 aromatic rings. The second kappa shape index (κ2) is 12.3. The van der Waals surface area contributed by atoms with Crippen LogP contribution >= 0.6 is 0 Å². The number of likely N-dealkylation sites (N-methyl/N-ethyl adjacent to an activating group) is 1. The Labute approximate surface area is 214 Å². The van der Waals surface area contributed by atoms with E-state index >= 15 is 0 Å². The summed E-state index contributed by atoms with van der Waals surface area (Å²) in [5, 5.41) is 5.66. The third-order valence-corrected chi connectivity index (χ3v) is 5.58. The normalized spacial score (nSPS) is 12.8. The van der Waals surface area contributed by atoms with E-state index in [0.29, 0.717) is 16.8 Å². The molecule has 7 heteroatoms. The van der Waals surface area contributed by atoms with Gasteiger partial charge in [0.1, 0.15) is 17.7 Å². The number of rotatable bonds is 8. The molecule has 192 valence electrons. The molecule has 0 heterocycles. The molecule has 0 aliphatic carbocycles. The predicted molar refractivity (Wildman–Crippen MR) is 142 cm³/mol. The van der Waals surface area contributed by atoms with Gasteiger partial charge in [-0.2, -0.15) is 0 Å². The van der Waals surface area contributed by atoms with Crippen molar-refractivity contribution in [1.82, 2.24) is 10.2 Å². The number of nitrogens with one attached hydrogen (secondary N) is 2. The van der Waals surface area contributed by atoms with Crippen molar-refractivity contribution in [2.45, 2.75) is 66.2 Å². The van der Waals surface area contributed by atoms with Gasteiger partial charge < -0.3 is 20.3 Å². The van der Waals surface area contributed by atoms with Crippen LogP contribution in [0.1, 0.15) is 64.3 Å². The summed E-state index contributed by atoms with van der Waals surface area (Å²) in [6, 6.07) is 12.6. The topological polar surface area (TPSA) is 87.7 Å². The first kappa shape index (κ1) is 28.4. The molecule has 0 radical (unpaired) electrons. The molecule has 0 aliphatic rings. The van der Waals surface area contributed by atoms with Crippen molar-refractivity contribution in [3.63, 3.8) is 0 Å². The van der Waals surface area contributed by atoms with Crippen molar-refractivity contribution in [3.05, 3.63) is 65.2 Å². The van der Waals surface area contributed by atoms with Gasteiger partial charge in [0, 0.05) is 17.8 Å². The van der Waals surface area contributed by atoms with E-state index in [1.807, 2.05) is 45.0 Å². The average molecular weight is 492 g/mol. The molecule has 0 spiro atoms. The number of amides is 3. The number of alkyl carbamates (subject to hydrolysis) is 1. The maximum absolute atomic E-state index is 13.8. The van der Waals surface area contributed by atoms with Crippen molar-refractivity contribution in [2.75, 3.05) is 11.9 Å². The van der Waals surface area contributed by atoms with Crippen LogP contribution in [0.3, 0.4) is 0 Å². The zero-order valence-corrected chi connectivity index (χ0v) is 22.2. The molecule has 36 heavy (non-hydrogen) atoms. The Balaban J connectivity index is 2.46. The van der Waals surface area contributed by atoms with Gasteiger partial charge in [0.15, 0.2) is 0 Å². The number of carbonyl (C=O) groups excluding carboxylic acids is 3. The van der Waals surface area contributed by atoms with Gasteiger partial charge in [0.05, 0.1) is 0 Å². The van der Waals surface area contributed by atoms with Gasteiger partial charge in [0.2, 0.25) is 5.91 Å². The monoisotopic (exact) mass is 491 g/mol. The van der Waals surface area contributed by atoms with Crippen LogP contribution in [-0.4, -0.2) is 41.0 Å². The summed E-state index contributed by atoms with van der Waals surface area (Å²) in [6.07, 6.45) is 4.82. The SMILES string of the molecule is C#Cc1ccc(C(C(=O)Nc2ccccc2C)N(CC)C(=O)C(NC(=O)OC(C)(C)C)C(C)C)cc1. The fourth-order valence-electron chi connectivity index (χ4n) is 3.74. The van der Waals surface area contributed by atoms with Gasteiger partial charge in [0.25, 0.3) is 5.91 Å². The standard InChI is InChI=1S/C29H37N3O4/c1-9-21-15-17-22(18-16-21)25(26(33)30-23-14-12-11-13-20(23)5)32(10-2)27(34)24(19(3)4)31-28(35)36-29(6,7)8/h1,11-19,24-25H,10H2,2-8H3,(H,30,33)(H,31,35). The number of para-hydroxylation sites is 1. The number of nitrogens with zero attached hydrogens (tertiary/aromatic N) is 1. The minimum atomic E-state index is -0.949. The van der Waals surface area contributed by atoms with Crippen molar-refractivity contribution in [1.29, 1.82) is 0 Å². The Morgan fingerprint density at radius 1 is 1.06 bits per heavy atom. The van der Waals surface area contributed by atoms with Crippen LogP contribution in [0, 0.1) is 25.2 Å². The summed E-state index contributed by atoms with van der Waals surface area (Å²) in [5.41, 5.74) is 2.11. The Morgan fingerprint density at radius 2 is 1.67 bits per heavy atom. The molecule has 0 saturated carbocycles. The van der Waals surface area contributed by atoms with Crippen LogP contribution in [0.15, 0.2) is 48.5 Å². The average Bonchev–Trinajstić information content (AvgIpc) is 2.80. The van der Waals surface area contributed by atoms with Crippen LogP contribution < -0.4 is 10.6 Å². The highest BCUT2D eigenvalue weighted by molar-refractivity contribution is 5.99. The summed E-state index contributed by atoms with van der Waals surface area (Å²) < 4.78 is 5.37. The molecule has 7 nitrogen and oxygen atoms in total. The van der Waals surface area contributed by atoms with Gasteiger partial charge in [-0.05, 0) is 69.9 Å². The van der Waals surface area contributed by atoms with Gasteiger partial charge in [-0.15, -0.1) is 6.42 Å². The van der Waals surface area contributed by atoms with E-state index in [9.17, 15) is 14.4 Å². The molecule has 0 saturated heterocycles. The molecular formula is C29H37N3O4. The van der Waals surface area contributed by atoms with Crippen LogP contribution in [0.2, 0.25) is 0 Å². The molecule has 0 fully saturated rings. The van der Waals surface area contributed by atoms with E-state index in [1.165, 1.54) is 4.90 Å².